The summed E-state index contributed by atoms with van der Waals surface area (Å²) in [5.74, 6) is -2.95. The van der Waals surface area contributed by atoms with Crippen molar-refractivity contribution in [1.29, 1.82) is 0 Å². The molecule has 2 aromatic carbocycles. The van der Waals surface area contributed by atoms with Crippen molar-refractivity contribution in [3.63, 3.8) is 0 Å². The third-order valence-electron chi connectivity index (χ3n) is 7.30. The van der Waals surface area contributed by atoms with Crippen LogP contribution in [0.3, 0.4) is 0 Å². The first-order valence-corrected chi connectivity index (χ1v) is 13.1. The number of hydrogen-bond donors (Lipinski definition) is 2. The van der Waals surface area contributed by atoms with Crippen LogP contribution in [0.2, 0.25) is 5.02 Å². The summed E-state index contributed by atoms with van der Waals surface area (Å²) in [6.45, 7) is 1.92. The zero-order chi connectivity index (χ0) is 29.0. The van der Waals surface area contributed by atoms with Gasteiger partial charge in [-0.05, 0) is 54.7 Å². The maximum absolute atomic E-state index is 14.0. The van der Waals surface area contributed by atoms with Gasteiger partial charge in [0.05, 0.1) is 24.1 Å². The van der Waals surface area contributed by atoms with Crippen molar-refractivity contribution in [1.82, 2.24) is 15.1 Å². The highest BCUT2D eigenvalue weighted by Gasteiger charge is 2.38. The minimum atomic E-state index is -4.68. The Labute approximate surface area is 233 Å². The number of rotatable bonds is 8. The van der Waals surface area contributed by atoms with E-state index in [4.69, 9.17) is 16.7 Å². The number of carbonyl (C=O) groups excluding carboxylic acids is 2. The summed E-state index contributed by atoms with van der Waals surface area (Å²) in [6.07, 6.45) is -1.42. The molecular formula is C28H28ClF4N3O4. The molecule has 12 heteroatoms. The van der Waals surface area contributed by atoms with Crippen molar-refractivity contribution < 1.29 is 37.1 Å². The predicted molar refractivity (Wildman–Crippen MR) is 140 cm³/mol. The Balaban J connectivity index is 1.36. The molecule has 0 radical (unpaired) electrons. The van der Waals surface area contributed by atoms with Crippen LogP contribution in [-0.2, 0) is 20.6 Å². The number of halogens is 5. The number of piperazine rings is 1. The lowest BCUT2D eigenvalue weighted by molar-refractivity contribution is -0.147. The standard InChI is InChI=1S/C28H28ClF4N3O4/c29-22-6-2-19(3-7-22)24-16-35(15-17-11-20(12-17)27(39)40)9-10-36(24)26(38)14-34-25(37)8-4-18-1-5-21(13-23(18)30)28(31,32)33/h1-8,13,17,20,24H,9-12,14-16H2,(H,34,37)(H,39,40)/b8-4+/t17?,20?,24-/m0/s1. The molecule has 0 aromatic heterocycles. The molecular weight excluding hydrogens is 554 g/mol. The van der Waals surface area contributed by atoms with E-state index in [0.717, 1.165) is 36.4 Å². The zero-order valence-corrected chi connectivity index (χ0v) is 22.1. The second-order valence-corrected chi connectivity index (χ2v) is 10.5. The number of alkyl halides is 3. The molecule has 2 aliphatic rings. The van der Waals surface area contributed by atoms with Crippen molar-refractivity contribution in [3.8, 4) is 0 Å². The van der Waals surface area contributed by atoms with Crippen LogP contribution >= 0.6 is 11.6 Å². The summed E-state index contributed by atoms with van der Waals surface area (Å²) in [4.78, 5) is 40.4. The monoisotopic (exact) mass is 581 g/mol. The highest BCUT2D eigenvalue weighted by Crippen LogP contribution is 2.36. The average molecular weight is 582 g/mol. The summed E-state index contributed by atoms with van der Waals surface area (Å²) < 4.78 is 52.2. The van der Waals surface area contributed by atoms with Crippen molar-refractivity contribution in [2.75, 3.05) is 32.7 Å². The lowest BCUT2D eigenvalue weighted by Crippen LogP contribution is -2.54. The van der Waals surface area contributed by atoms with Crippen LogP contribution in [0.1, 0.15) is 35.6 Å². The predicted octanol–water partition coefficient (Wildman–Crippen LogP) is 4.62. The molecule has 0 spiro atoms. The highest BCUT2D eigenvalue weighted by atomic mass is 35.5. The van der Waals surface area contributed by atoms with Gasteiger partial charge in [-0.3, -0.25) is 19.3 Å². The third-order valence-corrected chi connectivity index (χ3v) is 7.55. The molecule has 2 fully saturated rings. The van der Waals surface area contributed by atoms with Crippen molar-refractivity contribution >= 4 is 35.5 Å². The van der Waals surface area contributed by atoms with Gasteiger partial charge in [0.25, 0.3) is 0 Å². The molecule has 1 atom stereocenters. The Kier molecular flexibility index (Phi) is 9.15. The van der Waals surface area contributed by atoms with Gasteiger partial charge < -0.3 is 15.3 Å². The largest absolute Gasteiger partial charge is 0.481 e. The Hall–Kier alpha value is -3.44. The SMILES string of the molecule is O=C(/C=C/c1ccc(C(F)(F)F)cc1F)NCC(=O)N1CCN(CC2CC(C(=O)O)C2)C[C@H]1c1ccc(Cl)cc1. The van der Waals surface area contributed by atoms with Crippen LogP contribution in [0.25, 0.3) is 6.08 Å². The van der Waals surface area contributed by atoms with Crippen LogP contribution in [0, 0.1) is 17.7 Å². The lowest BCUT2D eigenvalue weighted by atomic mass is 9.74. The van der Waals surface area contributed by atoms with Gasteiger partial charge in [0, 0.05) is 42.8 Å². The van der Waals surface area contributed by atoms with Crippen LogP contribution in [0.15, 0.2) is 48.5 Å². The average Bonchev–Trinajstić information content (AvgIpc) is 2.88. The van der Waals surface area contributed by atoms with Crippen LogP contribution < -0.4 is 5.32 Å². The molecule has 214 valence electrons. The number of amides is 2. The van der Waals surface area contributed by atoms with Gasteiger partial charge in [-0.1, -0.05) is 29.8 Å². The normalized spacial score (nSPS) is 21.7. The number of carboxylic acid groups (broad SMARTS) is 1. The number of benzene rings is 2. The Bertz CT molecular complexity index is 1280. The van der Waals surface area contributed by atoms with Crippen LogP contribution in [-0.4, -0.2) is 65.4 Å². The maximum atomic E-state index is 14.0. The van der Waals surface area contributed by atoms with E-state index in [0.29, 0.717) is 43.6 Å². The molecule has 0 bridgehead atoms. The lowest BCUT2D eigenvalue weighted by Gasteiger charge is -2.44. The second-order valence-electron chi connectivity index (χ2n) is 10.1. The van der Waals surface area contributed by atoms with E-state index in [1.165, 1.54) is 0 Å². The number of carbonyl (C=O) groups is 3. The van der Waals surface area contributed by atoms with E-state index in [1.807, 2.05) is 12.1 Å². The molecule has 0 unspecified atom stereocenters. The zero-order valence-electron chi connectivity index (χ0n) is 21.3. The van der Waals surface area contributed by atoms with Crippen LogP contribution in [0.4, 0.5) is 17.6 Å². The molecule has 1 aliphatic carbocycles. The minimum absolute atomic E-state index is 0.200. The summed E-state index contributed by atoms with van der Waals surface area (Å²) in [7, 11) is 0. The quantitative estimate of drug-likeness (QED) is 0.351. The topological polar surface area (TPSA) is 90.0 Å². The highest BCUT2D eigenvalue weighted by molar-refractivity contribution is 6.30. The van der Waals surface area contributed by atoms with E-state index in [-0.39, 0.29) is 35.9 Å². The van der Waals surface area contributed by atoms with E-state index in [1.54, 1.807) is 17.0 Å². The molecule has 7 nitrogen and oxygen atoms in total. The first-order valence-electron chi connectivity index (χ1n) is 12.7. The number of carboxylic acids is 1. The number of nitrogens with one attached hydrogen (secondary N) is 1. The maximum Gasteiger partial charge on any atom is 0.416 e. The first-order chi connectivity index (χ1) is 18.9. The molecule has 1 saturated carbocycles. The molecule has 1 aliphatic heterocycles. The molecule has 4 rings (SSSR count). The van der Waals surface area contributed by atoms with Gasteiger partial charge in [0.1, 0.15) is 5.82 Å². The Morgan fingerprint density at radius 2 is 1.77 bits per heavy atom. The number of hydrogen-bond acceptors (Lipinski definition) is 4. The molecule has 2 amide bonds. The van der Waals surface area contributed by atoms with E-state index in [2.05, 4.69) is 10.2 Å². The van der Waals surface area contributed by atoms with Gasteiger partial charge in [0.2, 0.25) is 11.8 Å². The second kappa shape index (κ2) is 12.4. The van der Waals surface area contributed by atoms with Gasteiger partial charge in [-0.15, -0.1) is 0 Å². The van der Waals surface area contributed by atoms with Gasteiger partial charge in [-0.25, -0.2) is 4.39 Å². The fraction of sp³-hybridized carbons (Fsp3) is 0.393. The molecule has 1 heterocycles. The van der Waals surface area contributed by atoms with Gasteiger partial charge in [0.15, 0.2) is 0 Å². The fourth-order valence-electron chi connectivity index (χ4n) is 5.05. The van der Waals surface area contributed by atoms with Gasteiger partial charge in [-0.2, -0.15) is 13.2 Å². The van der Waals surface area contributed by atoms with Crippen molar-refractivity contribution in [2.45, 2.75) is 25.1 Å². The Morgan fingerprint density at radius 3 is 2.40 bits per heavy atom. The van der Waals surface area contributed by atoms with Crippen molar-refractivity contribution in [3.05, 3.63) is 76.1 Å². The van der Waals surface area contributed by atoms with E-state index >= 15 is 0 Å². The summed E-state index contributed by atoms with van der Waals surface area (Å²) in [6, 6.07) is 8.81. The summed E-state index contributed by atoms with van der Waals surface area (Å²) in [5, 5.41) is 12.1. The number of nitrogens with zero attached hydrogens (tertiary/aromatic N) is 2. The van der Waals surface area contributed by atoms with E-state index < -0.39 is 29.4 Å². The van der Waals surface area contributed by atoms with Crippen molar-refractivity contribution in [2.24, 2.45) is 11.8 Å². The van der Waals surface area contributed by atoms with Crippen LogP contribution in [0.5, 0.6) is 0 Å². The molecule has 1 saturated heterocycles. The van der Waals surface area contributed by atoms with Gasteiger partial charge >= 0.3 is 12.1 Å². The third kappa shape index (κ3) is 7.39. The minimum Gasteiger partial charge on any atom is -0.481 e. The summed E-state index contributed by atoms with van der Waals surface area (Å²) >= 11 is 6.04. The molecule has 40 heavy (non-hydrogen) atoms. The number of aliphatic carboxylic acids is 1. The molecule has 2 N–H and O–H groups in total. The Morgan fingerprint density at radius 1 is 1.07 bits per heavy atom. The van der Waals surface area contributed by atoms with E-state index in [9.17, 15) is 31.9 Å². The smallest absolute Gasteiger partial charge is 0.416 e. The summed E-state index contributed by atoms with van der Waals surface area (Å²) in [5.41, 5.74) is -0.470. The molecule has 2 aromatic rings. The first kappa shape index (κ1) is 29.5. The fourth-order valence-corrected chi connectivity index (χ4v) is 5.18.